The smallest absolute Gasteiger partial charge is 0.142 e. The van der Waals surface area contributed by atoms with Gasteiger partial charge in [-0.05, 0) is 25.3 Å². The van der Waals surface area contributed by atoms with E-state index in [-0.39, 0.29) is 0 Å². The molecule has 0 saturated carbocycles. The van der Waals surface area contributed by atoms with E-state index in [4.69, 9.17) is 0 Å². The van der Waals surface area contributed by atoms with E-state index in [1.165, 1.54) is 0 Å². The van der Waals surface area contributed by atoms with Gasteiger partial charge >= 0.3 is 0 Å². The summed E-state index contributed by atoms with van der Waals surface area (Å²) in [6.07, 6.45) is 11.6. The first-order chi connectivity index (χ1) is 4.91. The third-order valence-electron chi connectivity index (χ3n) is 1.12. The number of aldehydes is 1. The Labute approximate surface area is 62.4 Å². The average Bonchev–Trinajstić information content (AvgIpc) is 1.97. The van der Waals surface area contributed by atoms with E-state index in [1.54, 1.807) is 6.08 Å². The molecule has 0 spiro atoms. The molecule has 0 fully saturated rings. The predicted molar refractivity (Wildman–Crippen MR) is 43.9 cm³/mol. The maximum Gasteiger partial charge on any atom is 0.142 e. The zero-order chi connectivity index (χ0) is 7.66. The summed E-state index contributed by atoms with van der Waals surface area (Å²) in [7, 11) is 0. The Morgan fingerprint density at radius 3 is 2.40 bits per heavy atom. The van der Waals surface area contributed by atoms with Crippen molar-refractivity contribution in [3.8, 4) is 0 Å². The number of carbonyl (C=O) groups excluding carboxylic acids is 1. The van der Waals surface area contributed by atoms with Gasteiger partial charge in [-0.3, -0.25) is 4.79 Å². The number of hydrogen-bond donors (Lipinski definition) is 0. The van der Waals surface area contributed by atoms with Crippen LogP contribution in [0.15, 0.2) is 24.3 Å². The van der Waals surface area contributed by atoms with Crippen LogP contribution in [0.5, 0.6) is 0 Å². The maximum absolute atomic E-state index is 9.79. The summed E-state index contributed by atoms with van der Waals surface area (Å²) in [5.74, 6) is 0. The molecule has 0 amide bonds. The molecule has 10 heavy (non-hydrogen) atoms. The molecule has 0 aromatic heterocycles. The van der Waals surface area contributed by atoms with Gasteiger partial charge in [0.25, 0.3) is 0 Å². The highest BCUT2D eigenvalue weighted by atomic mass is 16.1. The van der Waals surface area contributed by atoms with E-state index in [0.717, 1.165) is 25.5 Å². The monoisotopic (exact) mass is 138 g/mol. The summed E-state index contributed by atoms with van der Waals surface area (Å²) in [5, 5.41) is 0. The Hall–Kier alpha value is -0.850. The Kier molecular flexibility index (Phi) is 7.46. The van der Waals surface area contributed by atoms with Crippen molar-refractivity contribution in [3.63, 3.8) is 0 Å². The number of hydrogen-bond acceptors (Lipinski definition) is 1. The molecule has 56 valence electrons. The van der Waals surface area contributed by atoms with Crippen LogP contribution in [0.25, 0.3) is 0 Å². The van der Waals surface area contributed by atoms with Crippen LogP contribution in [0, 0.1) is 0 Å². The van der Waals surface area contributed by atoms with Gasteiger partial charge in [0, 0.05) is 0 Å². The summed E-state index contributed by atoms with van der Waals surface area (Å²) in [5.41, 5.74) is 0. The van der Waals surface area contributed by atoms with Crippen LogP contribution in [0.1, 0.15) is 26.2 Å². The Morgan fingerprint density at radius 1 is 1.10 bits per heavy atom. The average molecular weight is 138 g/mol. The zero-order valence-electron chi connectivity index (χ0n) is 6.42. The van der Waals surface area contributed by atoms with Crippen molar-refractivity contribution in [2.75, 3.05) is 0 Å². The molecule has 0 atom stereocenters. The SMILES string of the molecule is CC/C=C\CCC=CC=O. The third kappa shape index (κ3) is 7.15. The number of allylic oxidation sites excluding steroid dienone is 4. The van der Waals surface area contributed by atoms with Gasteiger partial charge in [-0.15, -0.1) is 0 Å². The van der Waals surface area contributed by atoms with E-state index in [1.807, 2.05) is 6.08 Å². The highest BCUT2D eigenvalue weighted by Crippen LogP contribution is 1.92. The van der Waals surface area contributed by atoms with E-state index in [0.29, 0.717) is 0 Å². The van der Waals surface area contributed by atoms with Gasteiger partial charge in [-0.25, -0.2) is 0 Å². The van der Waals surface area contributed by atoms with Crippen molar-refractivity contribution < 1.29 is 4.79 Å². The molecule has 0 aliphatic heterocycles. The van der Waals surface area contributed by atoms with Crippen molar-refractivity contribution in [3.05, 3.63) is 24.3 Å². The lowest BCUT2D eigenvalue weighted by Crippen LogP contribution is -1.65. The van der Waals surface area contributed by atoms with Crippen molar-refractivity contribution in [2.24, 2.45) is 0 Å². The standard InChI is InChI=1S/C9H14O/c1-2-3-4-5-6-7-8-9-10/h3-4,7-9H,2,5-6H2,1H3/b4-3-,8-7?. The Bertz CT molecular complexity index is 123. The molecule has 0 heterocycles. The van der Waals surface area contributed by atoms with Crippen LogP contribution in [0.4, 0.5) is 0 Å². The molecule has 0 saturated heterocycles. The third-order valence-corrected chi connectivity index (χ3v) is 1.12. The van der Waals surface area contributed by atoms with Crippen molar-refractivity contribution in [2.45, 2.75) is 26.2 Å². The lowest BCUT2D eigenvalue weighted by atomic mass is 10.2. The normalized spacial score (nSPS) is 11.3. The molecule has 0 unspecified atom stereocenters. The van der Waals surface area contributed by atoms with E-state index in [2.05, 4.69) is 19.1 Å². The van der Waals surface area contributed by atoms with Crippen LogP contribution < -0.4 is 0 Å². The first-order valence-corrected chi connectivity index (χ1v) is 3.67. The molecule has 0 aliphatic rings. The fourth-order valence-electron chi connectivity index (χ4n) is 0.629. The van der Waals surface area contributed by atoms with Gasteiger partial charge in [0.2, 0.25) is 0 Å². The minimum Gasteiger partial charge on any atom is -0.299 e. The number of rotatable bonds is 5. The van der Waals surface area contributed by atoms with Crippen molar-refractivity contribution >= 4 is 6.29 Å². The van der Waals surface area contributed by atoms with Crippen LogP contribution in [-0.4, -0.2) is 6.29 Å². The topological polar surface area (TPSA) is 17.1 Å². The maximum atomic E-state index is 9.79. The minimum atomic E-state index is 0.809. The molecule has 0 rings (SSSR count). The molecule has 0 aromatic carbocycles. The predicted octanol–water partition coefficient (Wildman–Crippen LogP) is 2.49. The first-order valence-electron chi connectivity index (χ1n) is 3.67. The second-order valence-electron chi connectivity index (χ2n) is 2.02. The molecule has 0 aromatic rings. The molecule has 0 aliphatic carbocycles. The first kappa shape index (κ1) is 9.15. The summed E-state index contributed by atoms with van der Waals surface area (Å²) in [4.78, 5) is 9.79. The molecular weight excluding hydrogens is 124 g/mol. The van der Waals surface area contributed by atoms with Gasteiger partial charge in [0.1, 0.15) is 6.29 Å². The molecule has 1 heteroatoms. The van der Waals surface area contributed by atoms with Crippen molar-refractivity contribution in [1.82, 2.24) is 0 Å². The molecule has 0 N–H and O–H groups in total. The van der Waals surface area contributed by atoms with Crippen molar-refractivity contribution in [1.29, 1.82) is 0 Å². The van der Waals surface area contributed by atoms with Gasteiger partial charge in [-0.2, -0.15) is 0 Å². The van der Waals surface area contributed by atoms with Crippen LogP contribution in [0.2, 0.25) is 0 Å². The van der Waals surface area contributed by atoms with E-state index < -0.39 is 0 Å². The lowest BCUT2D eigenvalue weighted by Gasteiger charge is -1.83. The number of unbranched alkanes of at least 4 members (excludes halogenated alkanes) is 1. The highest BCUT2D eigenvalue weighted by Gasteiger charge is 1.73. The van der Waals surface area contributed by atoms with Crippen LogP contribution in [-0.2, 0) is 4.79 Å². The largest absolute Gasteiger partial charge is 0.299 e. The molecule has 0 bridgehead atoms. The summed E-state index contributed by atoms with van der Waals surface area (Å²) < 4.78 is 0. The fourth-order valence-corrected chi connectivity index (χ4v) is 0.629. The second kappa shape index (κ2) is 8.15. The van der Waals surface area contributed by atoms with Crippen LogP contribution in [0.3, 0.4) is 0 Å². The molecular formula is C9H14O. The van der Waals surface area contributed by atoms with E-state index >= 15 is 0 Å². The molecule has 1 nitrogen and oxygen atoms in total. The lowest BCUT2D eigenvalue weighted by molar-refractivity contribution is -0.104. The zero-order valence-corrected chi connectivity index (χ0v) is 6.42. The Morgan fingerprint density at radius 2 is 1.80 bits per heavy atom. The van der Waals surface area contributed by atoms with Crippen LogP contribution >= 0.6 is 0 Å². The Balaban J connectivity index is 3.11. The van der Waals surface area contributed by atoms with Gasteiger partial charge < -0.3 is 0 Å². The van der Waals surface area contributed by atoms with E-state index in [9.17, 15) is 4.79 Å². The molecule has 0 radical (unpaired) electrons. The van der Waals surface area contributed by atoms with Gasteiger partial charge in [0.15, 0.2) is 0 Å². The summed E-state index contributed by atoms with van der Waals surface area (Å²) >= 11 is 0. The van der Waals surface area contributed by atoms with Gasteiger partial charge in [0.05, 0.1) is 0 Å². The van der Waals surface area contributed by atoms with Gasteiger partial charge in [-0.1, -0.05) is 25.2 Å². The quantitative estimate of drug-likeness (QED) is 0.247. The second-order valence-corrected chi connectivity index (χ2v) is 2.02. The number of carbonyl (C=O) groups is 1. The highest BCUT2D eigenvalue weighted by molar-refractivity contribution is 5.64. The summed E-state index contributed by atoms with van der Waals surface area (Å²) in [6, 6.07) is 0. The minimum absolute atomic E-state index is 0.809. The summed E-state index contributed by atoms with van der Waals surface area (Å²) in [6.45, 7) is 2.11. The fraction of sp³-hybridized carbons (Fsp3) is 0.444.